The van der Waals surface area contributed by atoms with Gasteiger partial charge in [-0.1, -0.05) is 18.2 Å². The molecule has 0 radical (unpaired) electrons. The van der Waals surface area contributed by atoms with E-state index in [2.05, 4.69) is 4.72 Å². The van der Waals surface area contributed by atoms with E-state index in [4.69, 9.17) is 0 Å². The normalized spacial score (nSPS) is 15.0. The van der Waals surface area contributed by atoms with Gasteiger partial charge in [0, 0.05) is 11.7 Å². The highest BCUT2D eigenvalue weighted by molar-refractivity contribution is 7.92. The highest BCUT2D eigenvalue weighted by Crippen LogP contribution is 2.34. The summed E-state index contributed by atoms with van der Waals surface area (Å²) in [6.07, 6.45) is 2.86. The van der Waals surface area contributed by atoms with E-state index in [1.54, 1.807) is 42.5 Å². The first-order valence-electron chi connectivity index (χ1n) is 7.45. The lowest BCUT2D eigenvalue weighted by Crippen LogP contribution is -2.31. The summed E-state index contributed by atoms with van der Waals surface area (Å²) in [6, 6.07) is 14.4. The summed E-state index contributed by atoms with van der Waals surface area (Å²) in [5.74, 6) is 0. The van der Waals surface area contributed by atoms with E-state index in [9.17, 15) is 16.8 Å². The quantitative estimate of drug-likeness (QED) is 0.851. The van der Waals surface area contributed by atoms with Gasteiger partial charge < -0.3 is 0 Å². The predicted octanol–water partition coefficient (Wildman–Crippen LogP) is 2.42. The fourth-order valence-corrected chi connectivity index (χ4v) is 4.81. The van der Waals surface area contributed by atoms with Gasteiger partial charge >= 0.3 is 0 Å². The fourth-order valence-electron chi connectivity index (χ4n) is 2.47. The second-order valence-electron chi connectivity index (χ2n) is 5.76. The van der Waals surface area contributed by atoms with Crippen molar-refractivity contribution in [1.82, 2.24) is 0 Å². The lowest BCUT2D eigenvalue weighted by molar-refractivity contribution is 0.595. The zero-order valence-electron chi connectivity index (χ0n) is 13.1. The summed E-state index contributed by atoms with van der Waals surface area (Å²) < 4.78 is 52.3. The molecule has 0 amide bonds. The summed E-state index contributed by atoms with van der Waals surface area (Å²) in [5, 5.41) is 0. The molecule has 8 heteroatoms. The van der Waals surface area contributed by atoms with Gasteiger partial charge in [-0.3, -0.25) is 9.03 Å². The fraction of sp³-hybridized carbons (Fsp3) is 0.250. The van der Waals surface area contributed by atoms with Crippen LogP contribution in [-0.4, -0.2) is 29.1 Å². The molecule has 0 bridgehead atoms. The average molecular weight is 366 g/mol. The molecule has 1 aliphatic carbocycles. The number of sulfonamides is 2. The van der Waals surface area contributed by atoms with Crippen LogP contribution >= 0.6 is 0 Å². The van der Waals surface area contributed by atoms with Crippen LogP contribution in [0.4, 0.5) is 11.4 Å². The van der Waals surface area contributed by atoms with E-state index in [0.29, 0.717) is 11.4 Å². The van der Waals surface area contributed by atoms with Gasteiger partial charge in [-0.2, -0.15) is 0 Å². The van der Waals surface area contributed by atoms with Crippen molar-refractivity contribution < 1.29 is 16.8 Å². The highest BCUT2D eigenvalue weighted by atomic mass is 32.2. The molecule has 6 nitrogen and oxygen atoms in total. The molecule has 0 spiro atoms. The van der Waals surface area contributed by atoms with E-state index < -0.39 is 20.0 Å². The van der Waals surface area contributed by atoms with Gasteiger partial charge in [0.25, 0.3) is 10.0 Å². The number of rotatable bonds is 6. The van der Waals surface area contributed by atoms with Crippen LogP contribution < -0.4 is 9.03 Å². The lowest BCUT2D eigenvalue weighted by Gasteiger charge is -2.22. The van der Waals surface area contributed by atoms with Crippen molar-refractivity contribution in [2.24, 2.45) is 0 Å². The first kappa shape index (κ1) is 16.8. The van der Waals surface area contributed by atoms with Gasteiger partial charge in [0.15, 0.2) is 0 Å². The third-order valence-electron chi connectivity index (χ3n) is 3.66. The van der Waals surface area contributed by atoms with Crippen LogP contribution in [0.1, 0.15) is 12.8 Å². The van der Waals surface area contributed by atoms with Crippen molar-refractivity contribution in [3.8, 4) is 0 Å². The van der Waals surface area contributed by atoms with Gasteiger partial charge in [0.05, 0.1) is 16.8 Å². The Morgan fingerprint density at radius 3 is 2.00 bits per heavy atom. The second-order valence-corrected chi connectivity index (χ2v) is 9.30. The van der Waals surface area contributed by atoms with Gasteiger partial charge in [-0.15, -0.1) is 0 Å². The minimum Gasteiger partial charge on any atom is -0.280 e. The Balaban J connectivity index is 1.82. The lowest BCUT2D eigenvalue weighted by atomic mass is 10.3. The number of hydrogen-bond acceptors (Lipinski definition) is 4. The molecule has 0 aromatic heterocycles. The van der Waals surface area contributed by atoms with E-state index in [1.807, 2.05) is 0 Å². The maximum atomic E-state index is 12.3. The van der Waals surface area contributed by atoms with Crippen LogP contribution in [-0.2, 0) is 20.0 Å². The number of hydrogen-bond donors (Lipinski definition) is 1. The SMILES string of the molecule is CS(=O)(=O)N(c1ccc(NS(=O)(=O)c2ccccc2)cc1)C1CC1. The molecule has 1 saturated carbocycles. The smallest absolute Gasteiger partial charge is 0.261 e. The van der Waals surface area contributed by atoms with Crippen molar-refractivity contribution in [2.45, 2.75) is 23.8 Å². The molecule has 0 saturated heterocycles. The number of anilines is 2. The maximum Gasteiger partial charge on any atom is 0.261 e. The monoisotopic (exact) mass is 366 g/mol. The van der Waals surface area contributed by atoms with Crippen LogP contribution in [0.3, 0.4) is 0 Å². The molecule has 1 N–H and O–H groups in total. The Morgan fingerprint density at radius 1 is 0.917 bits per heavy atom. The molecular formula is C16H18N2O4S2. The standard InChI is InChI=1S/C16H18N2O4S2/c1-23(19,20)18(15-11-12-15)14-9-7-13(8-10-14)17-24(21,22)16-5-3-2-4-6-16/h2-10,15,17H,11-12H2,1H3. The third kappa shape index (κ3) is 3.70. The molecule has 0 unspecified atom stereocenters. The van der Waals surface area contributed by atoms with Crippen molar-refractivity contribution in [1.29, 1.82) is 0 Å². The summed E-state index contributed by atoms with van der Waals surface area (Å²) in [5.41, 5.74) is 0.925. The second kappa shape index (κ2) is 6.10. The Hall–Kier alpha value is -2.06. The van der Waals surface area contributed by atoms with Crippen LogP contribution in [0.2, 0.25) is 0 Å². The Kier molecular flexibility index (Phi) is 4.27. The van der Waals surface area contributed by atoms with E-state index in [1.165, 1.54) is 22.7 Å². The van der Waals surface area contributed by atoms with Gasteiger partial charge in [-0.05, 0) is 49.2 Å². The minimum atomic E-state index is -3.66. The third-order valence-corrected chi connectivity index (χ3v) is 6.28. The van der Waals surface area contributed by atoms with Gasteiger partial charge in [0.1, 0.15) is 0 Å². The van der Waals surface area contributed by atoms with E-state index in [-0.39, 0.29) is 10.9 Å². The zero-order chi connectivity index (χ0) is 17.4. The molecule has 2 aromatic carbocycles. The summed E-state index contributed by atoms with van der Waals surface area (Å²) in [4.78, 5) is 0.171. The molecule has 128 valence electrons. The molecule has 1 aliphatic rings. The molecule has 0 aliphatic heterocycles. The summed E-state index contributed by atoms with van der Waals surface area (Å²) in [7, 11) is -7.01. The van der Waals surface area contributed by atoms with Crippen molar-refractivity contribution in [3.05, 3.63) is 54.6 Å². The minimum absolute atomic E-state index is 0.00635. The van der Waals surface area contributed by atoms with Crippen LogP contribution in [0.25, 0.3) is 0 Å². The average Bonchev–Trinajstić information content (AvgIpc) is 3.33. The Bertz CT molecular complexity index is 920. The molecule has 0 atom stereocenters. The van der Waals surface area contributed by atoms with Gasteiger partial charge in [0.2, 0.25) is 10.0 Å². The Morgan fingerprint density at radius 2 is 1.50 bits per heavy atom. The van der Waals surface area contributed by atoms with Crippen molar-refractivity contribution in [3.63, 3.8) is 0 Å². The summed E-state index contributed by atoms with van der Waals surface area (Å²) >= 11 is 0. The predicted molar refractivity (Wildman–Crippen MR) is 94.0 cm³/mol. The van der Waals surface area contributed by atoms with E-state index in [0.717, 1.165) is 12.8 Å². The highest BCUT2D eigenvalue weighted by Gasteiger charge is 2.35. The van der Waals surface area contributed by atoms with Crippen LogP contribution in [0.5, 0.6) is 0 Å². The number of benzene rings is 2. The molecule has 0 heterocycles. The molecule has 3 rings (SSSR count). The molecule has 24 heavy (non-hydrogen) atoms. The molecule has 2 aromatic rings. The summed E-state index contributed by atoms with van der Waals surface area (Å²) in [6.45, 7) is 0. The maximum absolute atomic E-state index is 12.3. The van der Waals surface area contributed by atoms with Crippen LogP contribution in [0.15, 0.2) is 59.5 Å². The first-order chi connectivity index (χ1) is 11.3. The Labute approximate surface area is 142 Å². The van der Waals surface area contributed by atoms with Gasteiger partial charge in [-0.25, -0.2) is 16.8 Å². The molecular weight excluding hydrogens is 348 g/mol. The number of nitrogens with one attached hydrogen (secondary N) is 1. The number of nitrogens with zero attached hydrogens (tertiary/aromatic N) is 1. The van der Waals surface area contributed by atoms with Crippen molar-refractivity contribution >= 4 is 31.4 Å². The van der Waals surface area contributed by atoms with E-state index >= 15 is 0 Å². The topological polar surface area (TPSA) is 83.6 Å². The largest absolute Gasteiger partial charge is 0.280 e. The van der Waals surface area contributed by atoms with Crippen LogP contribution in [0, 0.1) is 0 Å². The first-order valence-corrected chi connectivity index (χ1v) is 10.8. The molecule has 1 fully saturated rings. The van der Waals surface area contributed by atoms with Crippen molar-refractivity contribution in [2.75, 3.05) is 15.3 Å². The zero-order valence-corrected chi connectivity index (χ0v) is 14.7.